The molecule has 0 fully saturated rings. The van der Waals surface area contributed by atoms with Crippen molar-refractivity contribution in [2.75, 3.05) is 0 Å². The number of carboxylic acid groups (broad SMARTS) is 1. The summed E-state index contributed by atoms with van der Waals surface area (Å²) < 4.78 is 14.8. The van der Waals surface area contributed by atoms with Gasteiger partial charge < -0.3 is 9.67 Å². The Kier molecular flexibility index (Phi) is 2.65. The third-order valence-corrected chi connectivity index (χ3v) is 2.88. The predicted molar refractivity (Wildman–Crippen MR) is 63.3 cm³/mol. The van der Waals surface area contributed by atoms with E-state index in [-0.39, 0.29) is 5.82 Å². The minimum atomic E-state index is -0.847. The van der Waals surface area contributed by atoms with Crippen LogP contribution in [-0.4, -0.2) is 15.6 Å². The molecule has 0 aliphatic heterocycles. The van der Waals surface area contributed by atoms with E-state index in [1.54, 1.807) is 32.2 Å². The summed E-state index contributed by atoms with van der Waals surface area (Å²) in [6, 6.07) is 6.28. The Balaban J connectivity index is 2.41. The van der Waals surface area contributed by atoms with Crippen molar-refractivity contribution in [2.24, 2.45) is 5.41 Å². The largest absolute Gasteiger partial charge is 0.481 e. The van der Waals surface area contributed by atoms with Crippen LogP contribution < -0.4 is 0 Å². The predicted octanol–water partition coefficient (Wildman–Crippen LogP) is 2.89. The van der Waals surface area contributed by atoms with Gasteiger partial charge in [-0.15, -0.1) is 0 Å². The van der Waals surface area contributed by atoms with Crippen LogP contribution in [0.15, 0.2) is 30.5 Å². The van der Waals surface area contributed by atoms with Gasteiger partial charge in [-0.25, -0.2) is 4.39 Å². The number of benzene rings is 1. The maximum atomic E-state index is 13.0. The van der Waals surface area contributed by atoms with Gasteiger partial charge in [0.05, 0.1) is 5.41 Å². The van der Waals surface area contributed by atoms with Gasteiger partial charge in [-0.2, -0.15) is 0 Å². The van der Waals surface area contributed by atoms with Gasteiger partial charge in [0.25, 0.3) is 0 Å². The molecule has 90 valence electrons. The van der Waals surface area contributed by atoms with Crippen molar-refractivity contribution in [3.63, 3.8) is 0 Å². The van der Waals surface area contributed by atoms with Gasteiger partial charge in [0, 0.05) is 23.6 Å². The van der Waals surface area contributed by atoms with E-state index < -0.39 is 11.4 Å². The lowest BCUT2D eigenvalue weighted by atomic mass is 9.94. The summed E-state index contributed by atoms with van der Waals surface area (Å²) in [6.07, 6.45) is 1.79. The fourth-order valence-electron chi connectivity index (χ4n) is 1.80. The normalized spacial score (nSPS) is 11.9. The smallest absolute Gasteiger partial charge is 0.310 e. The van der Waals surface area contributed by atoms with Crippen LogP contribution in [0.3, 0.4) is 0 Å². The van der Waals surface area contributed by atoms with E-state index in [1.807, 2.05) is 4.57 Å². The molecule has 0 atom stereocenters. The van der Waals surface area contributed by atoms with Crippen molar-refractivity contribution in [2.45, 2.75) is 20.4 Å². The highest BCUT2D eigenvalue weighted by atomic mass is 19.1. The maximum absolute atomic E-state index is 13.0. The summed E-state index contributed by atoms with van der Waals surface area (Å²) in [4.78, 5) is 11.1. The van der Waals surface area contributed by atoms with E-state index in [4.69, 9.17) is 5.11 Å². The number of fused-ring (bicyclic) bond motifs is 1. The van der Waals surface area contributed by atoms with Crippen LogP contribution in [0.25, 0.3) is 10.9 Å². The molecular formula is C13H14FNO2. The van der Waals surface area contributed by atoms with E-state index in [2.05, 4.69) is 0 Å². The van der Waals surface area contributed by atoms with Crippen LogP contribution in [0.2, 0.25) is 0 Å². The molecule has 0 spiro atoms. The van der Waals surface area contributed by atoms with Crippen LogP contribution in [0.1, 0.15) is 13.8 Å². The van der Waals surface area contributed by atoms with Crippen molar-refractivity contribution in [3.05, 3.63) is 36.3 Å². The van der Waals surface area contributed by atoms with E-state index in [9.17, 15) is 9.18 Å². The van der Waals surface area contributed by atoms with Crippen molar-refractivity contribution in [1.29, 1.82) is 0 Å². The summed E-state index contributed by atoms with van der Waals surface area (Å²) >= 11 is 0. The molecule has 1 aromatic heterocycles. The molecule has 0 aliphatic carbocycles. The second-order valence-electron chi connectivity index (χ2n) is 4.84. The Bertz CT molecular complexity index is 572. The number of nitrogens with zero attached hydrogens (tertiary/aromatic N) is 1. The first-order valence-electron chi connectivity index (χ1n) is 5.38. The molecular weight excluding hydrogens is 221 g/mol. The number of rotatable bonds is 3. The van der Waals surface area contributed by atoms with E-state index >= 15 is 0 Å². The molecule has 0 bridgehead atoms. The molecule has 1 heterocycles. The Morgan fingerprint density at radius 1 is 1.41 bits per heavy atom. The summed E-state index contributed by atoms with van der Waals surface area (Å²) in [7, 11) is 0. The molecule has 4 heteroatoms. The summed E-state index contributed by atoms with van der Waals surface area (Å²) in [6.45, 7) is 3.70. The topological polar surface area (TPSA) is 42.2 Å². The monoisotopic (exact) mass is 235 g/mol. The molecule has 0 aliphatic rings. The Hall–Kier alpha value is -1.84. The van der Waals surface area contributed by atoms with Gasteiger partial charge in [0.1, 0.15) is 5.82 Å². The van der Waals surface area contributed by atoms with E-state index in [0.717, 1.165) is 10.9 Å². The molecule has 2 rings (SSSR count). The Morgan fingerprint density at radius 3 is 2.76 bits per heavy atom. The van der Waals surface area contributed by atoms with E-state index in [1.165, 1.54) is 12.1 Å². The zero-order valence-corrected chi connectivity index (χ0v) is 9.77. The van der Waals surface area contributed by atoms with Gasteiger partial charge in [-0.3, -0.25) is 4.79 Å². The Morgan fingerprint density at radius 2 is 2.12 bits per heavy atom. The lowest BCUT2D eigenvalue weighted by Crippen LogP contribution is -2.28. The standard InChI is InChI=1S/C13H14FNO2/c1-13(2,12(16)17)8-15-6-5-9-7-10(14)3-4-11(9)15/h3-7H,8H2,1-2H3,(H,16,17). The molecule has 17 heavy (non-hydrogen) atoms. The van der Waals surface area contributed by atoms with Crippen molar-refractivity contribution in [3.8, 4) is 0 Å². The number of hydrogen-bond donors (Lipinski definition) is 1. The third kappa shape index (κ3) is 2.16. The third-order valence-electron chi connectivity index (χ3n) is 2.88. The number of carboxylic acids is 1. The molecule has 0 radical (unpaired) electrons. The van der Waals surface area contributed by atoms with Crippen LogP contribution in [-0.2, 0) is 11.3 Å². The second-order valence-corrected chi connectivity index (χ2v) is 4.84. The summed E-state index contributed by atoms with van der Waals surface area (Å²) in [5, 5.41) is 9.87. The highest BCUT2D eigenvalue weighted by molar-refractivity contribution is 5.80. The number of aliphatic carboxylic acids is 1. The first kappa shape index (κ1) is 11.6. The van der Waals surface area contributed by atoms with Crippen molar-refractivity contribution in [1.82, 2.24) is 4.57 Å². The highest BCUT2D eigenvalue weighted by Gasteiger charge is 2.27. The lowest BCUT2D eigenvalue weighted by Gasteiger charge is -2.20. The highest BCUT2D eigenvalue weighted by Crippen LogP contribution is 2.23. The molecule has 0 saturated heterocycles. The molecule has 3 nitrogen and oxygen atoms in total. The van der Waals surface area contributed by atoms with Gasteiger partial charge in [0.2, 0.25) is 0 Å². The fraction of sp³-hybridized carbons (Fsp3) is 0.308. The summed E-state index contributed by atoms with van der Waals surface area (Å²) in [5.74, 6) is -1.13. The fourth-order valence-corrected chi connectivity index (χ4v) is 1.80. The quantitative estimate of drug-likeness (QED) is 0.888. The van der Waals surface area contributed by atoms with Gasteiger partial charge >= 0.3 is 5.97 Å². The van der Waals surface area contributed by atoms with Gasteiger partial charge in [-0.1, -0.05) is 0 Å². The molecule has 1 aromatic carbocycles. The summed E-state index contributed by atoms with van der Waals surface area (Å²) in [5.41, 5.74) is 0.00100. The van der Waals surface area contributed by atoms with Crippen molar-refractivity contribution >= 4 is 16.9 Å². The van der Waals surface area contributed by atoms with E-state index in [0.29, 0.717) is 6.54 Å². The zero-order chi connectivity index (χ0) is 12.6. The number of hydrogen-bond acceptors (Lipinski definition) is 1. The van der Waals surface area contributed by atoms with Crippen LogP contribution in [0.4, 0.5) is 4.39 Å². The molecule has 0 saturated carbocycles. The van der Waals surface area contributed by atoms with Gasteiger partial charge in [0.15, 0.2) is 0 Å². The second kappa shape index (κ2) is 3.87. The SMILES string of the molecule is CC(C)(Cn1ccc2cc(F)ccc21)C(=O)O. The first-order chi connectivity index (χ1) is 7.90. The first-order valence-corrected chi connectivity index (χ1v) is 5.38. The van der Waals surface area contributed by atoms with Crippen LogP contribution in [0.5, 0.6) is 0 Å². The lowest BCUT2D eigenvalue weighted by molar-refractivity contribution is -0.147. The molecule has 0 unspecified atom stereocenters. The van der Waals surface area contributed by atoms with Crippen LogP contribution >= 0.6 is 0 Å². The zero-order valence-electron chi connectivity index (χ0n) is 9.77. The Labute approximate surface area is 98.5 Å². The minimum Gasteiger partial charge on any atom is -0.481 e. The number of halogens is 1. The van der Waals surface area contributed by atoms with Crippen molar-refractivity contribution < 1.29 is 14.3 Å². The molecule has 0 amide bonds. The minimum absolute atomic E-state index is 0.284. The molecule has 1 N–H and O–H groups in total. The number of carbonyl (C=O) groups is 1. The van der Waals surface area contributed by atoms with Crippen LogP contribution in [0, 0.1) is 11.2 Å². The maximum Gasteiger partial charge on any atom is 0.310 e. The van der Waals surface area contributed by atoms with Gasteiger partial charge in [-0.05, 0) is 38.1 Å². The number of aromatic nitrogens is 1. The molecule has 2 aromatic rings. The average Bonchev–Trinajstić information content (AvgIpc) is 2.60. The average molecular weight is 235 g/mol.